The third-order valence-corrected chi connectivity index (χ3v) is 3.54. The smallest absolute Gasteiger partial charge is 0.0581 e. The predicted molar refractivity (Wildman–Crippen MR) is 69.7 cm³/mol. The van der Waals surface area contributed by atoms with E-state index in [4.69, 9.17) is 4.74 Å². The lowest BCUT2D eigenvalue weighted by molar-refractivity contribution is 0.0617. The molecule has 1 aliphatic rings. The first kappa shape index (κ1) is 14.0. The molecule has 1 saturated heterocycles. The van der Waals surface area contributed by atoms with Gasteiger partial charge in [0.15, 0.2) is 0 Å². The summed E-state index contributed by atoms with van der Waals surface area (Å²) in [6.45, 7) is 11.2. The van der Waals surface area contributed by atoms with Crippen LogP contribution in [-0.4, -0.2) is 25.3 Å². The molecule has 0 saturated carbocycles. The number of ether oxygens (including phenoxy) is 1. The molecule has 1 aliphatic heterocycles. The summed E-state index contributed by atoms with van der Waals surface area (Å²) in [4.78, 5) is 0. The van der Waals surface area contributed by atoms with Crippen molar-refractivity contribution in [1.82, 2.24) is 5.32 Å². The van der Waals surface area contributed by atoms with Gasteiger partial charge in [-0.2, -0.15) is 0 Å². The monoisotopic (exact) mass is 227 g/mol. The Kier molecular flexibility index (Phi) is 5.77. The second kappa shape index (κ2) is 6.61. The van der Waals surface area contributed by atoms with Gasteiger partial charge in [0.1, 0.15) is 0 Å². The molecule has 0 radical (unpaired) electrons. The summed E-state index contributed by atoms with van der Waals surface area (Å²) in [5.74, 6) is 0. The van der Waals surface area contributed by atoms with Gasteiger partial charge < -0.3 is 10.1 Å². The maximum Gasteiger partial charge on any atom is 0.0581 e. The molecule has 0 aromatic carbocycles. The quantitative estimate of drug-likeness (QED) is 0.720. The van der Waals surface area contributed by atoms with Crippen LogP contribution < -0.4 is 5.32 Å². The Bertz CT molecular complexity index is 187. The van der Waals surface area contributed by atoms with Crippen molar-refractivity contribution in [2.75, 3.05) is 13.2 Å². The number of rotatable bonds is 7. The molecule has 2 unspecified atom stereocenters. The van der Waals surface area contributed by atoms with E-state index in [-0.39, 0.29) is 0 Å². The molecule has 0 spiro atoms. The van der Waals surface area contributed by atoms with Crippen LogP contribution in [0.15, 0.2) is 0 Å². The minimum atomic E-state index is 0.411. The van der Waals surface area contributed by atoms with E-state index in [1.54, 1.807) is 0 Å². The summed E-state index contributed by atoms with van der Waals surface area (Å²) in [7, 11) is 0. The van der Waals surface area contributed by atoms with Gasteiger partial charge in [0.05, 0.1) is 6.10 Å². The highest BCUT2D eigenvalue weighted by molar-refractivity contribution is 4.82. The Labute approximate surface area is 101 Å². The van der Waals surface area contributed by atoms with Crippen molar-refractivity contribution in [1.29, 1.82) is 0 Å². The molecule has 0 aliphatic carbocycles. The molecule has 0 aromatic rings. The van der Waals surface area contributed by atoms with Crippen LogP contribution in [0, 0.1) is 5.41 Å². The van der Waals surface area contributed by atoms with Gasteiger partial charge in [0.25, 0.3) is 0 Å². The first-order valence-electron chi connectivity index (χ1n) is 6.91. The predicted octanol–water partition coefficient (Wildman–Crippen LogP) is 3.36. The van der Waals surface area contributed by atoms with E-state index in [1.165, 1.54) is 32.1 Å². The van der Waals surface area contributed by atoms with Gasteiger partial charge >= 0.3 is 0 Å². The molecule has 2 heteroatoms. The van der Waals surface area contributed by atoms with Crippen LogP contribution in [0.1, 0.15) is 59.8 Å². The number of hydrogen-bond donors (Lipinski definition) is 1. The Morgan fingerprint density at radius 3 is 2.69 bits per heavy atom. The zero-order chi connectivity index (χ0) is 12.0. The van der Waals surface area contributed by atoms with Crippen LogP contribution in [0.25, 0.3) is 0 Å². The van der Waals surface area contributed by atoms with Crippen LogP contribution in [0.5, 0.6) is 0 Å². The first-order valence-corrected chi connectivity index (χ1v) is 6.91. The average molecular weight is 227 g/mol. The maximum absolute atomic E-state index is 5.77. The molecule has 1 fully saturated rings. The molecule has 96 valence electrons. The first-order chi connectivity index (χ1) is 7.56. The molecule has 0 amide bonds. The highest BCUT2D eigenvalue weighted by Crippen LogP contribution is 2.32. The number of hydrogen-bond acceptors (Lipinski definition) is 2. The third-order valence-electron chi connectivity index (χ3n) is 3.54. The van der Waals surface area contributed by atoms with E-state index in [1.807, 2.05) is 0 Å². The van der Waals surface area contributed by atoms with Crippen molar-refractivity contribution < 1.29 is 4.74 Å². The minimum Gasteiger partial charge on any atom is -0.378 e. The van der Waals surface area contributed by atoms with E-state index < -0.39 is 0 Å². The highest BCUT2D eigenvalue weighted by Gasteiger charge is 2.29. The lowest BCUT2D eigenvalue weighted by atomic mass is 9.79. The van der Waals surface area contributed by atoms with Crippen LogP contribution >= 0.6 is 0 Å². The van der Waals surface area contributed by atoms with Gasteiger partial charge in [-0.1, -0.05) is 34.1 Å². The largest absolute Gasteiger partial charge is 0.378 e. The van der Waals surface area contributed by atoms with Gasteiger partial charge in [-0.25, -0.2) is 0 Å². The van der Waals surface area contributed by atoms with Crippen molar-refractivity contribution in [3.8, 4) is 0 Å². The van der Waals surface area contributed by atoms with E-state index in [0.717, 1.165) is 13.2 Å². The van der Waals surface area contributed by atoms with Crippen molar-refractivity contribution in [3.05, 3.63) is 0 Å². The SMILES string of the molecule is CCCC(C)(CNC(C)C)CC1CCCO1. The van der Waals surface area contributed by atoms with E-state index in [2.05, 4.69) is 33.0 Å². The molecule has 1 heterocycles. The summed E-state index contributed by atoms with van der Waals surface area (Å²) in [5.41, 5.74) is 0.411. The van der Waals surface area contributed by atoms with Crippen LogP contribution in [-0.2, 0) is 4.74 Å². The maximum atomic E-state index is 5.77. The normalized spacial score (nSPS) is 24.9. The van der Waals surface area contributed by atoms with E-state index >= 15 is 0 Å². The Morgan fingerprint density at radius 2 is 2.19 bits per heavy atom. The summed E-state index contributed by atoms with van der Waals surface area (Å²) in [6, 6.07) is 0.584. The summed E-state index contributed by atoms with van der Waals surface area (Å²) in [5, 5.41) is 3.59. The van der Waals surface area contributed by atoms with Gasteiger partial charge in [-0.15, -0.1) is 0 Å². The van der Waals surface area contributed by atoms with Gasteiger partial charge in [0.2, 0.25) is 0 Å². The van der Waals surface area contributed by atoms with Gasteiger partial charge in [0, 0.05) is 19.2 Å². The Hall–Kier alpha value is -0.0800. The van der Waals surface area contributed by atoms with E-state index in [9.17, 15) is 0 Å². The van der Waals surface area contributed by atoms with Crippen LogP contribution in [0.3, 0.4) is 0 Å². The molecule has 0 aromatic heterocycles. The molecular formula is C14H29NO. The molecule has 16 heavy (non-hydrogen) atoms. The fraction of sp³-hybridized carbons (Fsp3) is 1.00. The summed E-state index contributed by atoms with van der Waals surface area (Å²) in [6.07, 6.45) is 6.83. The Balaban J connectivity index is 2.42. The molecule has 2 atom stereocenters. The molecule has 2 nitrogen and oxygen atoms in total. The average Bonchev–Trinajstić information content (AvgIpc) is 2.68. The van der Waals surface area contributed by atoms with Gasteiger partial charge in [-0.05, 0) is 31.1 Å². The summed E-state index contributed by atoms with van der Waals surface area (Å²) >= 11 is 0. The standard InChI is InChI=1S/C14H29NO/c1-5-8-14(4,11-15-12(2)3)10-13-7-6-9-16-13/h12-13,15H,5-11H2,1-4H3. The topological polar surface area (TPSA) is 21.3 Å². The Morgan fingerprint density at radius 1 is 1.44 bits per heavy atom. The second-order valence-corrected chi connectivity index (χ2v) is 5.94. The third kappa shape index (κ3) is 4.84. The lowest BCUT2D eigenvalue weighted by Gasteiger charge is -2.33. The molecule has 1 rings (SSSR count). The molecule has 0 bridgehead atoms. The second-order valence-electron chi connectivity index (χ2n) is 5.94. The van der Waals surface area contributed by atoms with Crippen molar-refractivity contribution in [2.45, 2.75) is 71.9 Å². The molecule has 1 N–H and O–H groups in total. The zero-order valence-corrected chi connectivity index (χ0v) is 11.5. The fourth-order valence-corrected chi connectivity index (χ4v) is 2.67. The van der Waals surface area contributed by atoms with Crippen molar-refractivity contribution >= 4 is 0 Å². The summed E-state index contributed by atoms with van der Waals surface area (Å²) < 4.78 is 5.77. The van der Waals surface area contributed by atoms with Gasteiger partial charge in [-0.3, -0.25) is 0 Å². The van der Waals surface area contributed by atoms with Crippen molar-refractivity contribution in [2.24, 2.45) is 5.41 Å². The highest BCUT2D eigenvalue weighted by atomic mass is 16.5. The zero-order valence-electron chi connectivity index (χ0n) is 11.5. The lowest BCUT2D eigenvalue weighted by Crippen LogP contribution is -2.37. The minimum absolute atomic E-state index is 0.411. The van der Waals surface area contributed by atoms with Crippen LogP contribution in [0.2, 0.25) is 0 Å². The number of nitrogens with one attached hydrogen (secondary N) is 1. The fourth-order valence-electron chi connectivity index (χ4n) is 2.67. The van der Waals surface area contributed by atoms with E-state index in [0.29, 0.717) is 17.6 Å². The van der Waals surface area contributed by atoms with Crippen molar-refractivity contribution in [3.63, 3.8) is 0 Å². The van der Waals surface area contributed by atoms with Crippen LogP contribution in [0.4, 0.5) is 0 Å². The molecular weight excluding hydrogens is 198 g/mol.